The lowest BCUT2D eigenvalue weighted by atomic mass is 10.0. The molecule has 0 heterocycles. The molecule has 3 nitrogen and oxygen atoms in total. The summed E-state index contributed by atoms with van der Waals surface area (Å²) >= 11 is 1.90. The highest BCUT2D eigenvalue weighted by molar-refractivity contribution is 7.98. The van der Waals surface area contributed by atoms with E-state index in [1.807, 2.05) is 43.1 Å². The average molecular weight is 308 g/mol. The minimum Gasteiger partial charge on any atom is -0.352 e. The molecule has 0 unspecified atom stereocenters. The van der Waals surface area contributed by atoms with Crippen LogP contribution in [0.2, 0.25) is 0 Å². The van der Waals surface area contributed by atoms with Gasteiger partial charge in [0.2, 0.25) is 0 Å². The summed E-state index contributed by atoms with van der Waals surface area (Å²) in [6.45, 7) is 1.66. The van der Waals surface area contributed by atoms with E-state index in [2.05, 4.69) is 16.9 Å². The second kappa shape index (κ2) is 11.6. The molecule has 0 aliphatic carbocycles. The minimum absolute atomic E-state index is 0.0609. The largest absolute Gasteiger partial charge is 0.352 e. The van der Waals surface area contributed by atoms with Crippen LogP contribution in [0.4, 0.5) is 0 Å². The number of carbonyl (C=O) groups excluding carboxylic acids is 1. The first-order valence-electron chi connectivity index (χ1n) is 7.79. The molecule has 1 aromatic rings. The molecule has 0 aromatic heterocycles. The highest BCUT2D eigenvalue weighted by Crippen LogP contribution is 2.09. The molecular formula is C17H28N2OS. The van der Waals surface area contributed by atoms with Crippen molar-refractivity contribution in [2.45, 2.75) is 32.1 Å². The molecule has 1 rings (SSSR count). The second-order valence-electron chi connectivity index (χ2n) is 5.17. The zero-order valence-corrected chi connectivity index (χ0v) is 14.1. The Hall–Kier alpha value is -1.00. The van der Waals surface area contributed by atoms with Gasteiger partial charge in [-0.2, -0.15) is 11.8 Å². The van der Waals surface area contributed by atoms with Gasteiger partial charge in [0.15, 0.2) is 0 Å². The van der Waals surface area contributed by atoms with Crippen LogP contribution >= 0.6 is 11.8 Å². The fourth-order valence-electron chi connectivity index (χ4n) is 2.24. The van der Waals surface area contributed by atoms with Crippen LogP contribution in [0.3, 0.4) is 0 Å². The summed E-state index contributed by atoms with van der Waals surface area (Å²) in [6, 6.07) is 7.88. The summed E-state index contributed by atoms with van der Waals surface area (Å²) in [5.74, 6) is 1.30. The van der Waals surface area contributed by atoms with Gasteiger partial charge in [-0.3, -0.25) is 4.79 Å². The van der Waals surface area contributed by atoms with Crippen molar-refractivity contribution in [3.8, 4) is 0 Å². The molecular weight excluding hydrogens is 280 g/mol. The number of rotatable bonds is 11. The highest BCUT2D eigenvalue weighted by atomic mass is 32.2. The second-order valence-corrected chi connectivity index (χ2v) is 6.16. The molecule has 1 amide bonds. The first-order chi connectivity index (χ1) is 10.3. The molecule has 0 bridgehead atoms. The monoisotopic (exact) mass is 308 g/mol. The number of hydrogen-bond acceptors (Lipinski definition) is 3. The first-order valence-corrected chi connectivity index (χ1v) is 9.18. The molecule has 0 aliphatic rings. The van der Waals surface area contributed by atoms with Crippen molar-refractivity contribution in [3.63, 3.8) is 0 Å². The number of hydrogen-bond donors (Lipinski definition) is 2. The van der Waals surface area contributed by atoms with Crippen molar-refractivity contribution >= 4 is 17.7 Å². The van der Waals surface area contributed by atoms with Crippen LogP contribution in [0, 0.1) is 0 Å². The van der Waals surface area contributed by atoms with Gasteiger partial charge < -0.3 is 10.6 Å². The van der Waals surface area contributed by atoms with Gasteiger partial charge in [0, 0.05) is 12.1 Å². The third-order valence-electron chi connectivity index (χ3n) is 3.47. The van der Waals surface area contributed by atoms with Crippen LogP contribution < -0.4 is 10.6 Å². The Morgan fingerprint density at radius 3 is 2.62 bits per heavy atom. The number of nitrogens with one attached hydrogen (secondary N) is 2. The van der Waals surface area contributed by atoms with E-state index in [0.717, 1.165) is 37.1 Å². The van der Waals surface area contributed by atoms with Gasteiger partial charge in [0.05, 0.1) is 0 Å². The molecule has 0 spiro atoms. The number of amides is 1. The smallest absolute Gasteiger partial charge is 0.251 e. The number of unbranched alkanes of at least 4 members (excludes halogenated alkanes) is 3. The average Bonchev–Trinajstić information content (AvgIpc) is 2.52. The Morgan fingerprint density at radius 1 is 1.10 bits per heavy atom. The Labute approximate surface area is 133 Å². The maximum absolute atomic E-state index is 12.2. The lowest BCUT2D eigenvalue weighted by Crippen LogP contribution is -2.26. The Bertz CT molecular complexity index is 410. The van der Waals surface area contributed by atoms with Gasteiger partial charge in [0.1, 0.15) is 0 Å². The summed E-state index contributed by atoms with van der Waals surface area (Å²) in [6.07, 6.45) is 7.83. The Kier molecular flexibility index (Phi) is 10.0. The number of likely N-dealkylation sites (N-methyl/N-ethyl adjacent to an activating group) is 1. The molecule has 4 heteroatoms. The van der Waals surface area contributed by atoms with Crippen LogP contribution in [0.5, 0.6) is 0 Å². The van der Waals surface area contributed by atoms with Crippen LogP contribution in [-0.2, 0) is 6.42 Å². The molecule has 1 aromatic carbocycles. The summed E-state index contributed by atoms with van der Waals surface area (Å²) in [5, 5.41) is 6.17. The van der Waals surface area contributed by atoms with Gasteiger partial charge in [-0.1, -0.05) is 31.0 Å². The SMILES string of the molecule is CNCCc1ccccc1C(=O)NCCCCCCSC. The van der Waals surface area contributed by atoms with Crippen molar-refractivity contribution < 1.29 is 4.79 Å². The van der Waals surface area contributed by atoms with Crippen LogP contribution in [0.15, 0.2) is 24.3 Å². The van der Waals surface area contributed by atoms with E-state index in [4.69, 9.17) is 0 Å². The van der Waals surface area contributed by atoms with Crippen molar-refractivity contribution in [1.82, 2.24) is 10.6 Å². The van der Waals surface area contributed by atoms with Crippen molar-refractivity contribution in [3.05, 3.63) is 35.4 Å². The standard InChI is InChI=1S/C17H28N2OS/c1-18-13-11-15-9-5-6-10-16(15)17(20)19-12-7-3-4-8-14-21-2/h5-6,9-10,18H,3-4,7-8,11-14H2,1-2H3,(H,19,20). The van der Waals surface area contributed by atoms with Crippen LogP contribution in [-0.4, -0.2) is 38.1 Å². The molecule has 21 heavy (non-hydrogen) atoms. The Balaban J connectivity index is 2.31. The van der Waals surface area contributed by atoms with E-state index in [9.17, 15) is 4.79 Å². The third kappa shape index (κ3) is 7.53. The molecule has 0 saturated carbocycles. The van der Waals surface area contributed by atoms with Crippen LogP contribution in [0.1, 0.15) is 41.6 Å². The predicted octanol–water partition coefficient (Wildman–Crippen LogP) is 3.10. The maximum atomic E-state index is 12.2. The summed E-state index contributed by atoms with van der Waals surface area (Å²) in [7, 11) is 1.93. The van der Waals surface area contributed by atoms with E-state index in [-0.39, 0.29) is 5.91 Å². The maximum Gasteiger partial charge on any atom is 0.251 e. The molecule has 0 saturated heterocycles. The van der Waals surface area contributed by atoms with E-state index >= 15 is 0 Å². The van der Waals surface area contributed by atoms with Crippen molar-refractivity contribution in [2.24, 2.45) is 0 Å². The fourth-order valence-corrected chi connectivity index (χ4v) is 2.73. The lowest BCUT2D eigenvalue weighted by molar-refractivity contribution is 0.0952. The highest BCUT2D eigenvalue weighted by Gasteiger charge is 2.09. The topological polar surface area (TPSA) is 41.1 Å². The Morgan fingerprint density at radius 2 is 1.86 bits per heavy atom. The zero-order chi connectivity index (χ0) is 15.3. The van der Waals surface area contributed by atoms with E-state index in [0.29, 0.717) is 0 Å². The number of thioether (sulfide) groups is 1. The van der Waals surface area contributed by atoms with E-state index in [1.165, 1.54) is 25.0 Å². The minimum atomic E-state index is 0.0609. The van der Waals surface area contributed by atoms with Gasteiger partial charge in [-0.05, 0) is 56.5 Å². The quantitative estimate of drug-likeness (QED) is 0.617. The van der Waals surface area contributed by atoms with Crippen molar-refractivity contribution in [2.75, 3.05) is 32.1 Å². The summed E-state index contributed by atoms with van der Waals surface area (Å²) in [5.41, 5.74) is 1.93. The normalized spacial score (nSPS) is 10.6. The summed E-state index contributed by atoms with van der Waals surface area (Å²) in [4.78, 5) is 12.2. The molecule has 118 valence electrons. The fraction of sp³-hybridized carbons (Fsp3) is 0.588. The molecule has 0 radical (unpaired) electrons. The molecule has 0 aliphatic heterocycles. The molecule has 0 fully saturated rings. The third-order valence-corrected chi connectivity index (χ3v) is 4.16. The van der Waals surface area contributed by atoms with Crippen molar-refractivity contribution in [1.29, 1.82) is 0 Å². The zero-order valence-electron chi connectivity index (χ0n) is 13.3. The van der Waals surface area contributed by atoms with Crippen LogP contribution in [0.25, 0.3) is 0 Å². The predicted molar refractivity (Wildman–Crippen MR) is 93.3 cm³/mol. The summed E-state index contributed by atoms with van der Waals surface area (Å²) < 4.78 is 0. The van der Waals surface area contributed by atoms with E-state index < -0.39 is 0 Å². The number of benzene rings is 1. The lowest BCUT2D eigenvalue weighted by Gasteiger charge is -2.10. The van der Waals surface area contributed by atoms with Gasteiger partial charge in [-0.15, -0.1) is 0 Å². The van der Waals surface area contributed by atoms with Gasteiger partial charge in [0.25, 0.3) is 5.91 Å². The van der Waals surface area contributed by atoms with E-state index in [1.54, 1.807) is 0 Å². The van der Waals surface area contributed by atoms with Gasteiger partial charge in [-0.25, -0.2) is 0 Å². The molecule has 2 N–H and O–H groups in total. The van der Waals surface area contributed by atoms with Gasteiger partial charge >= 0.3 is 0 Å². The molecule has 0 atom stereocenters. The first kappa shape index (κ1) is 18.1. The number of carbonyl (C=O) groups is 1.